The first-order valence-electron chi connectivity index (χ1n) is 10.0. The minimum absolute atomic E-state index is 0.0119. The van der Waals surface area contributed by atoms with E-state index in [0.717, 1.165) is 11.3 Å². The van der Waals surface area contributed by atoms with Gasteiger partial charge in [-0.15, -0.1) is 0 Å². The van der Waals surface area contributed by atoms with Gasteiger partial charge in [-0.1, -0.05) is 51.1 Å². The normalized spacial score (nSPS) is 11.3. The number of rotatable bonds is 7. The number of amides is 2. The summed E-state index contributed by atoms with van der Waals surface area (Å²) in [5, 5.41) is 3.00. The lowest BCUT2D eigenvalue weighted by molar-refractivity contribution is -0.117. The number of hydrogen-bond donors (Lipinski definition) is 1. The molecule has 0 radical (unpaired) electrons. The van der Waals surface area contributed by atoms with Gasteiger partial charge in [-0.05, 0) is 43.0 Å². The summed E-state index contributed by atoms with van der Waals surface area (Å²) in [5.74, 6) is 0.374. The van der Waals surface area contributed by atoms with Gasteiger partial charge >= 0.3 is 0 Å². The van der Waals surface area contributed by atoms with Crippen molar-refractivity contribution < 1.29 is 14.3 Å². The SMILES string of the molecule is CC(=O)N(CCC(=O)Nc1ccccc1C(C)(C)C)c1ccccc1OC(C)C. The molecule has 0 saturated heterocycles. The van der Waals surface area contributed by atoms with E-state index in [2.05, 4.69) is 26.1 Å². The molecule has 0 saturated carbocycles. The lowest BCUT2D eigenvalue weighted by Gasteiger charge is -2.25. The molecule has 29 heavy (non-hydrogen) atoms. The Morgan fingerprint density at radius 3 is 2.28 bits per heavy atom. The number of anilines is 2. The lowest BCUT2D eigenvalue weighted by Crippen LogP contribution is -2.32. The molecule has 0 aliphatic rings. The van der Waals surface area contributed by atoms with Crippen molar-refractivity contribution in [2.75, 3.05) is 16.8 Å². The van der Waals surface area contributed by atoms with Crippen molar-refractivity contribution in [3.63, 3.8) is 0 Å². The van der Waals surface area contributed by atoms with E-state index >= 15 is 0 Å². The van der Waals surface area contributed by atoms with Crippen molar-refractivity contribution >= 4 is 23.2 Å². The standard InChI is InChI=1S/C24H32N2O3/c1-17(2)29-22-14-10-9-13-21(22)26(18(3)27)16-15-23(28)25-20-12-8-7-11-19(20)24(4,5)6/h7-14,17H,15-16H2,1-6H3,(H,25,28). The fourth-order valence-electron chi connectivity index (χ4n) is 3.15. The second-order valence-electron chi connectivity index (χ2n) is 8.40. The fraction of sp³-hybridized carbons (Fsp3) is 0.417. The zero-order valence-electron chi connectivity index (χ0n) is 18.3. The molecule has 0 aliphatic heterocycles. The number of benzene rings is 2. The minimum atomic E-state index is -0.132. The van der Waals surface area contributed by atoms with Gasteiger partial charge in [0, 0.05) is 25.6 Å². The Morgan fingerprint density at radius 2 is 1.66 bits per heavy atom. The molecule has 0 aliphatic carbocycles. The maximum absolute atomic E-state index is 12.6. The van der Waals surface area contributed by atoms with Crippen molar-refractivity contribution in [2.45, 2.75) is 59.5 Å². The lowest BCUT2D eigenvalue weighted by atomic mass is 9.86. The molecule has 5 nitrogen and oxygen atoms in total. The summed E-state index contributed by atoms with van der Waals surface area (Å²) in [4.78, 5) is 26.5. The maximum Gasteiger partial charge on any atom is 0.226 e. The third-order valence-electron chi connectivity index (χ3n) is 4.47. The Bertz CT molecular complexity index is 853. The highest BCUT2D eigenvalue weighted by Gasteiger charge is 2.20. The first-order chi connectivity index (χ1) is 13.6. The van der Waals surface area contributed by atoms with E-state index in [9.17, 15) is 9.59 Å². The Hall–Kier alpha value is -2.82. The molecule has 0 aromatic heterocycles. The summed E-state index contributed by atoms with van der Waals surface area (Å²) < 4.78 is 5.84. The topological polar surface area (TPSA) is 58.6 Å². The molecular formula is C24H32N2O3. The molecule has 0 atom stereocenters. The average Bonchev–Trinajstić information content (AvgIpc) is 2.62. The molecule has 2 amide bonds. The number of hydrogen-bond acceptors (Lipinski definition) is 3. The molecule has 2 aromatic rings. The van der Waals surface area contributed by atoms with Crippen LogP contribution in [0.25, 0.3) is 0 Å². The summed E-state index contributed by atoms with van der Waals surface area (Å²) in [5.41, 5.74) is 2.48. The largest absolute Gasteiger partial charge is 0.489 e. The van der Waals surface area contributed by atoms with Crippen LogP contribution in [0, 0.1) is 0 Å². The van der Waals surface area contributed by atoms with E-state index in [1.54, 1.807) is 4.90 Å². The third-order valence-corrected chi connectivity index (χ3v) is 4.47. The van der Waals surface area contributed by atoms with Crippen LogP contribution >= 0.6 is 0 Å². The Kier molecular flexibility index (Phi) is 7.43. The summed E-state index contributed by atoms with van der Waals surface area (Å²) in [6.45, 7) is 12.0. The van der Waals surface area contributed by atoms with E-state index in [1.165, 1.54) is 6.92 Å². The van der Waals surface area contributed by atoms with Crippen LogP contribution in [0.4, 0.5) is 11.4 Å². The monoisotopic (exact) mass is 396 g/mol. The predicted molar refractivity (Wildman–Crippen MR) is 119 cm³/mol. The molecule has 0 heterocycles. The molecule has 5 heteroatoms. The van der Waals surface area contributed by atoms with Crippen molar-refractivity contribution in [3.8, 4) is 5.75 Å². The van der Waals surface area contributed by atoms with Crippen molar-refractivity contribution in [1.29, 1.82) is 0 Å². The maximum atomic E-state index is 12.6. The minimum Gasteiger partial charge on any atom is -0.489 e. The van der Waals surface area contributed by atoms with Crippen LogP contribution in [0.15, 0.2) is 48.5 Å². The van der Waals surface area contributed by atoms with E-state index in [4.69, 9.17) is 4.74 Å². The van der Waals surface area contributed by atoms with Crippen LogP contribution in [0.1, 0.15) is 53.5 Å². The number of carbonyl (C=O) groups is 2. The van der Waals surface area contributed by atoms with Gasteiger partial charge in [-0.2, -0.15) is 0 Å². The number of para-hydroxylation sites is 3. The van der Waals surface area contributed by atoms with E-state index in [0.29, 0.717) is 11.4 Å². The molecular weight excluding hydrogens is 364 g/mol. The average molecular weight is 397 g/mol. The number of ether oxygens (including phenoxy) is 1. The summed E-state index contributed by atoms with van der Waals surface area (Å²) in [6, 6.07) is 15.2. The number of carbonyl (C=O) groups excluding carboxylic acids is 2. The molecule has 0 unspecified atom stereocenters. The molecule has 2 rings (SSSR count). The summed E-state index contributed by atoms with van der Waals surface area (Å²) in [7, 11) is 0. The van der Waals surface area contributed by atoms with Gasteiger partial charge in [0.25, 0.3) is 0 Å². The van der Waals surface area contributed by atoms with Crippen LogP contribution in [0.3, 0.4) is 0 Å². The second-order valence-corrected chi connectivity index (χ2v) is 8.40. The second kappa shape index (κ2) is 9.59. The molecule has 0 fully saturated rings. The smallest absolute Gasteiger partial charge is 0.226 e. The Balaban J connectivity index is 2.13. The number of nitrogens with zero attached hydrogens (tertiary/aromatic N) is 1. The van der Waals surface area contributed by atoms with Gasteiger partial charge in [0.2, 0.25) is 11.8 Å². The Labute approximate surface area is 174 Å². The molecule has 1 N–H and O–H groups in total. The quantitative estimate of drug-likeness (QED) is 0.704. The third kappa shape index (κ3) is 6.34. The summed E-state index contributed by atoms with van der Waals surface area (Å²) in [6.07, 6.45) is 0.177. The highest BCUT2D eigenvalue weighted by Crippen LogP contribution is 2.30. The van der Waals surface area contributed by atoms with Gasteiger partial charge in [0.1, 0.15) is 5.75 Å². The zero-order valence-corrected chi connectivity index (χ0v) is 18.3. The van der Waals surface area contributed by atoms with Crippen LogP contribution in [-0.2, 0) is 15.0 Å². The molecule has 2 aromatic carbocycles. The summed E-state index contributed by atoms with van der Waals surface area (Å²) >= 11 is 0. The van der Waals surface area contributed by atoms with E-state index < -0.39 is 0 Å². The van der Waals surface area contributed by atoms with Gasteiger partial charge in [0.15, 0.2) is 0 Å². The van der Waals surface area contributed by atoms with Crippen LogP contribution < -0.4 is 15.0 Å². The van der Waals surface area contributed by atoms with Gasteiger partial charge in [0.05, 0.1) is 11.8 Å². The van der Waals surface area contributed by atoms with E-state index in [-0.39, 0.29) is 36.3 Å². The van der Waals surface area contributed by atoms with Crippen molar-refractivity contribution in [1.82, 2.24) is 0 Å². The number of nitrogens with one attached hydrogen (secondary N) is 1. The van der Waals surface area contributed by atoms with E-state index in [1.807, 2.05) is 62.4 Å². The van der Waals surface area contributed by atoms with Gasteiger partial charge in [-0.25, -0.2) is 0 Å². The first-order valence-corrected chi connectivity index (χ1v) is 10.0. The molecule has 0 bridgehead atoms. The van der Waals surface area contributed by atoms with Crippen molar-refractivity contribution in [3.05, 3.63) is 54.1 Å². The van der Waals surface area contributed by atoms with Crippen molar-refractivity contribution in [2.24, 2.45) is 0 Å². The highest BCUT2D eigenvalue weighted by molar-refractivity contribution is 5.96. The van der Waals surface area contributed by atoms with Crippen LogP contribution in [-0.4, -0.2) is 24.5 Å². The van der Waals surface area contributed by atoms with Gasteiger partial charge in [-0.3, -0.25) is 9.59 Å². The fourth-order valence-corrected chi connectivity index (χ4v) is 3.15. The predicted octanol–water partition coefficient (Wildman–Crippen LogP) is 5.15. The molecule has 156 valence electrons. The van der Waals surface area contributed by atoms with Gasteiger partial charge < -0.3 is 15.0 Å². The first kappa shape index (κ1) is 22.5. The Morgan fingerprint density at radius 1 is 1.03 bits per heavy atom. The van der Waals surface area contributed by atoms with Crippen LogP contribution in [0.5, 0.6) is 5.75 Å². The molecule has 0 spiro atoms. The van der Waals surface area contributed by atoms with Crippen LogP contribution in [0.2, 0.25) is 0 Å². The zero-order chi connectivity index (χ0) is 21.6. The highest BCUT2D eigenvalue weighted by atomic mass is 16.5.